The van der Waals surface area contributed by atoms with Gasteiger partial charge in [-0.2, -0.15) is 0 Å². The average molecular weight is 1180 g/mol. The summed E-state index contributed by atoms with van der Waals surface area (Å²) >= 11 is 0. The number of nitrogens with zero attached hydrogens (tertiary/aromatic N) is 3. The van der Waals surface area contributed by atoms with Gasteiger partial charge < -0.3 is 42.5 Å². The van der Waals surface area contributed by atoms with Crippen LogP contribution in [0.15, 0.2) is 231 Å². The third kappa shape index (κ3) is 13.4. The van der Waals surface area contributed by atoms with E-state index >= 15 is 9.59 Å². The van der Waals surface area contributed by atoms with Gasteiger partial charge in [-0.05, 0) is 78.4 Å². The van der Waals surface area contributed by atoms with Crippen LogP contribution in [0.4, 0.5) is 4.79 Å². The highest BCUT2D eigenvalue weighted by Crippen LogP contribution is 2.46. The fourth-order valence-corrected chi connectivity index (χ4v) is 11.3. The van der Waals surface area contributed by atoms with Gasteiger partial charge in [-0.15, -0.1) is 0 Å². The molecule has 0 N–H and O–H groups in total. The zero-order valence-corrected chi connectivity index (χ0v) is 49.6. The molecule has 10 aromatic rings. The number of carbonyl (C=O) groups excluding carboxylic acids is 3. The van der Waals surface area contributed by atoms with Crippen molar-refractivity contribution in [1.82, 2.24) is 14.0 Å². The highest BCUT2D eigenvalue weighted by Gasteiger charge is 2.50. The number of hydrogen-bond acceptors (Lipinski definition) is 11. The lowest BCUT2D eigenvalue weighted by molar-refractivity contribution is -0.289. The Kier molecular flexibility index (Phi) is 17.9. The number of ether oxygens (including phenoxy) is 8. The first-order chi connectivity index (χ1) is 42.9. The molecule has 8 aromatic carbocycles. The predicted octanol–water partition coefficient (Wildman–Crippen LogP) is 14.3. The first kappa shape index (κ1) is 58.9. The average Bonchev–Trinajstić information content (AvgIpc) is 1.80. The van der Waals surface area contributed by atoms with E-state index in [0.29, 0.717) is 51.0 Å². The second-order valence-corrected chi connectivity index (χ2v) is 23.0. The van der Waals surface area contributed by atoms with E-state index in [2.05, 4.69) is 0 Å². The molecule has 2 aliphatic rings. The third-order valence-electron chi connectivity index (χ3n) is 15.6. The molecule has 14 nitrogen and oxygen atoms in total. The van der Waals surface area contributed by atoms with Gasteiger partial charge in [0.05, 0.1) is 55.2 Å². The minimum Gasteiger partial charge on any atom is -0.489 e. The van der Waals surface area contributed by atoms with Crippen LogP contribution in [0, 0.1) is 0 Å². The standard InChI is InChI=1S/C74H69N3O11/c1-74(2,3)88-73(80)77-42-61(59-38-36-57(40-63(59)77)83-45-52-27-15-7-16-28-52)66-65(70(78)75(4)71(66)79)60-41-76(62-39-56(35-37-58(60)62)82-44-51-25-13-6-14-26-51)72-69(86-48-55-33-21-10-22-34-55)68(85-47-54-31-19-9-20-32-54)67(84-46-53-29-17-8-18-30-53)64(87-72)49-81-43-50-23-11-5-12-24-50/h5-42,64,67-69,72H,43-49H2,1-4H3. The number of rotatable bonds is 22. The van der Waals surface area contributed by atoms with Crippen molar-refractivity contribution in [2.24, 2.45) is 0 Å². The van der Waals surface area contributed by atoms with Crippen LogP contribution in [-0.4, -0.2) is 75.6 Å². The number of likely N-dealkylation sites (N-methyl/N-ethyl adjacent to an activating group) is 1. The van der Waals surface area contributed by atoms with E-state index in [0.717, 1.165) is 38.3 Å². The topological polar surface area (TPSA) is 138 Å². The first-order valence-electron chi connectivity index (χ1n) is 29.6. The van der Waals surface area contributed by atoms with Crippen molar-refractivity contribution in [3.05, 3.63) is 275 Å². The molecule has 1 fully saturated rings. The van der Waals surface area contributed by atoms with Gasteiger partial charge in [-0.25, -0.2) is 4.79 Å². The van der Waals surface area contributed by atoms with Crippen LogP contribution in [0.25, 0.3) is 33.0 Å². The normalized spacial score (nSPS) is 17.9. The van der Waals surface area contributed by atoms with Crippen LogP contribution in [0.3, 0.4) is 0 Å². The van der Waals surface area contributed by atoms with Crippen LogP contribution in [0.2, 0.25) is 0 Å². The Morgan fingerprint density at radius 2 is 0.864 bits per heavy atom. The van der Waals surface area contributed by atoms with Crippen molar-refractivity contribution < 1.29 is 52.3 Å². The molecule has 4 heterocycles. The predicted molar refractivity (Wildman–Crippen MR) is 337 cm³/mol. The summed E-state index contributed by atoms with van der Waals surface area (Å²) in [6.45, 7) is 6.91. The molecule has 0 aliphatic carbocycles. The summed E-state index contributed by atoms with van der Waals surface area (Å²) in [4.78, 5) is 45.9. The monoisotopic (exact) mass is 1180 g/mol. The molecule has 0 spiro atoms. The van der Waals surface area contributed by atoms with Crippen molar-refractivity contribution in [2.75, 3.05) is 13.7 Å². The second kappa shape index (κ2) is 26.7. The minimum atomic E-state index is -1.01. The maximum Gasteiger partial charge on any atom is 0.419 e. The number of imide groups is 1. The fraction of sp³-hybridized carbons (Fsp3) is 0.230. The number of hydrogen-bond donors (Lipinski definition) is 0. The SMILES string of the molecule is CN1C(=O)C(c2cn(C(=O)OC(C)(C)C)c3cc(OCc4ccccc4)ccc23)=C(c2cn(C3OC(COCc4ccccc4)C(OCc4ccccc4)C(OCc4ccccc4)C3OCc3ccccc3)c3cc(OCc4ccccc4)ccc23)C1=O. The van der Waals surface area contributed by atoms with Gasteiger partial charge in [0.2, 0.25) is 0 Å². The molecule has 0 bridgehead atoms. The van der Waals surface area contributed by atoms with E-state index in [9.17, 15) is 4.79 Å². The summed E-state index contributed by atoms with van der Waals surface area (Å²) in [7, 11) is 1.47. The Morgan fingerprint density at radius 3 is 1.33 bits per heavy atom. The number of aromatic nitrogens is 2. The molecule has 12 rings (SSSR count). The van der Waals surface area contributed by atoms with Crippen LogP contribution in [0.5, 0.6) is 11.5 Å². The molecule has 5 unspecified atom stereocenters. The van der Waals surface area contributed by atoms with Gasteiger partial charge >= 0.3 is 6.09 Å². The molecule has 2 aliphatic heterocycles. The van der Waals surface area contributed by atoms with Gasteiger partial charge in [-0.1, -0.05) is 182 Å². The van der Waals surface area contributed by atoms with Crippen molar-refractivity contribution in [3.63, 3.8) is 0 Å². The van der Waals surface area contributed by atoms with Gasteiger partial charge in [0.15, 0.2) is 6.23 Å². The maximum atomic E-state index is 15.3. The molecule has 0 radical (unpaired) electrons. The van der Waals surface area contributed by atoms with E-state index in [-0.39, 0.29) is 50.8 Å². The quantitative estimate of drug-likeness (QED) is 0.0599. The zero-order valence-electron chi connectivity index (χ0n) is 49.6. The molecule has 5 atom stereocenters. The van der Waals surface area contributed by atoms with E-state index in [1.807, 2.05) is 217 Å². The number of carbonyl (C=O) groups is 3. The molecule has 1 saturated heterocycles. The molecule has 14 heteroatoms. The molecule has 446 valence electrons. The molecule has 0 saturated carbocycles. The lowest BCUT2D eigenvalue weighted by atomic mass is 9.95. The molecule has 2 aromatic heterocycles. The summed E-state index contributed by atoms with van der Waals surface area (Å²) in [5.74, 6) is -0.0815. The van der Waals surface area contributed by atoms with Gasteiger partial charge in [0.1, 0.15) is 54.7 Å². The summed E-state index contributed by atoms with van der Waals surface area (Å²) in [5.41, 5.74) is 6.85. The van der Waals surface area contributed by atoms with Crippen molar-refractivity contribution >= 4 is 50.9 Å². The lowest BCUT2D eigenvalue weighted by Crippen LogP contribution is -2.59. The lowest BCUT2D eigenvalue weighted by Gasteiger charge is -2.46. The highest BCUT2D eigenvalue weighted by molar-refractivity contribution is 6.50. The Balaban J connectivity index is 1.04. The maximum absolute atomic E-state index is 15.3. The molecular formula is C74H69N3O11. The summed E-state index contributed by atoms with van der Waals surface area (Å²) in [6.07, 6.45) is -1.50. The van der Waals surface area contributed by atoms with Crippen molar-refractivity contribution in [2.45, 2.75) is 96.7 Å². The Morgan fingerprint density at radius 1 is 0.466 bits per heavy atom. The second-order valence-electron chi connectivity index (χ2n) is 23.0. The van der Waals surface area contributed by atoms with Crippen molar-refractivity contribution in [3.8, 4) is 11.5 Å². The highest BCUT2D eigenvalue weighted by atomic mass is 16.6. The molecule has 2 amide bonds. The van der Waals surface area contributed by atoms with Crippen LogP contribution < -0.4 is 9.47 Å². The van der Waals surface area contributed by atoms with Gasteiger partial charge in [0, 0.05) is 53.5 Å². The Hall–Kier alpha value is -9.41. The Bertz CT molecular complexity index is 4050. The third-order valence-corrected chi connectivity index (χ3v) is 15.6. The molecular weight excluding hydrogens is 1110 g/mol. The van der Waals surface area contributed by atoms with Crippen LogP contribution >= 0.6 is 0 Å². The summed E-state index contributed by atoms with van der Waals surface area (Å²) < 4.78 is 57.9. The van der Waals surface area contributed by atoms with E-state index in [4.69, 9.17) is 37.9 Å². The van der Waals surface area contributed by atoms with E-state index in [1.165, 1.54) is 11.6 Å². The van der Waals surface area contributed by atoms with Crippen molar-refractivity contribution in [1.29, 1.82) is 0 Å². The van der Waals surface area contributed by atoms with Gasteiger partial charge in [0.25, 0.3) is 11.8 Å². The van der Waals surface area contributed by atoms with Crippen LogP contribution in [0.1, 0.15) is 71.5 Å². The largest absolute Gasteiger partial charge is 0.489 e. The number of amides is 2. The minimum absolute atomic E-state index is 0.0900. The smallest absolute Gasteiger partial charge is 0.419 e. The summed E-state index contributed by atoms with van der Waals surface area (Å²) in [5, 5.41) is 1.13. The van der Waals surface area contributed by atoms with E-state index < -0.39 is 54.2 Å². The van der Waals surface area contributed by atoms with Gasteiger partial charge in [-0.3, -0.25) is 19.1 Å². The zero-order chi connectivity index (χ0) is 60.6. The summed E-state index contributed by atoms with van der Waals surface area (Å²) in [6, 6.07) is 70.5. The van der Waals surface area contributed by atoms with E-state index in [1.54, 1.807) is 39.1 Å². The number of benzene rings is 8. The molecule has 88 heavy (non-hydrogen) atoms. The fourth-order valence-electron chi connectivity index (χ4n) is 11.3. The number of fused-ring (bicyclic) bond motifs is 2. The first-order valence-corrected chi connectivity index (χ1v) is 29.6. The van der Waals surface area contributed by atoms with Crippen LogP contribution in [-0.2, 0) is 77.7 Å². The Labute approximate surface area is 512 Å².